The van der Waals surface area contributed by atoms with Crippen LogP contribution in [0.4, 0.5) is 0 Å². The predicted octanol–water partition coefficient (Wildman–Crippen LogP) is 11.8. The normalized spacial score (nSPS) is 12.0. The molecule has 7 aromatic carbocycles. The second-order valence-electron chi connectivity index (χ2n) is 12.2. The first kappa shape index (κ1) is 25.3. The first-order valence-corrected chi connectivity index (χ1v) is 15.8. The molecular weight excluding hydrogens is 560 g/mol. The molecule has 0 saturated carbocycles. The number of hydrogen-bond acceptors (Lipinski definition) is 1. The number of aromatic nitrogens is 2. The summed E-state index contributed by atoms with van der Waals surface area (Å²) in [5, 5.41) is 7.35. The Balaban J connectivity index is 1.15. The lowest BCUT2D eigenvalue weighted by atomic mass is 10.0. The Hall–Kier alpha value is -6.06. The van der Waals surface area contributed by atoms with Gasteiger partial charge in [-0.1, -0.05) is 84.9 Å². The van der Waals surface area contributed by atoms with E-state index < -0.39 is 0 Å². The third-order valence-corrected chi connectivity index (χ3v) is 9.63. The average molecular weight is 589 g/mol. The van der Waals surface area contributed by atoms with Crippen LogP contribution in [0.25, 0.3) is 88.1 Å². The summed E-state index contributed by atoms with van der Waals surface area (Å²) in [6.45, 7) is 2.20. The highest BCUT2D eigenvalue weighted by Gasteiger charge is 2.16. The molecule has 3 nitrogen and oxygen atoms in total. The van der Waals surface area contributed by atoms with Crippen LogP contribution in [0.2, 0.25) is 0 Å². The van der Waals surface area contributed by atoms with Gasteiger partial charge in [0.05, 0.1) is 22.1 Å². The highest BCUT2D eigenvalue weighted by Crippen LogP contribution is 2.38. The Morgan fingerprint density at radius 1 is 0.391 bits per heavy atom. The molecule has 0 aliphatic carbocycles. The topological polar surface area (TPSA) is 23.0 Å². The molecule has 46 heavy (non-hydrogen) atoms. The van der Waals surface area contributed by atoms with Gasteiger partial charge in [0.1, 0.15) is 11.2 Å². The fourth-order valence-electron chi connectivity index (χ4n) is 7.59. The Morgan fingerprint density at radius 3 is 1.70 bits per heavy atom. The number of nitrogens with zero attached hydrogens (tertiary/aromatic N) is 2. The van der Waals surface area contributed by atoms with Gasteiger partial charge in [0, 0.05) is 43.7 Å². The summed E-state index contributed by atoms with van der Waals surface area (Å²) in [6.07, 6.45) is 0. The zero-order chi connectivity index (χ0) is 30.4. The van der Waals surface area contributed by atoms with Crippen molar-refractivity contribution in [1.29, 1.82) is 0 Å². The van der Waals surface area contributed by atoms with Crippen LogP contribution in [0.3, 0.4) is 0 Å². The summed E-state index contributed by atoms with van der Waals surface area (Å²) in [6, 6.07) is 54.6. The van der Waals surface area contributed by atoms with Crippen LogP contribution in [0.1, 0.15) is 5.56 Å². The lowest BCUT2D eigenvalue weighted by Gasteiger charge is -2.10. The van der Waals surface area contributed by atoms with Crippen molar-refractivity contribution in [3.63, 3.8) is 0 Å². The molecule has 0 unspecified atom stereocenters. The Morgan fingerprint density at radius 2 is 0.935 bits per heavy atom. The molecule has 0 radical (unpaired) electrons. The van der Waals surface area contributed by atoms with Crippen LogP contribution in [-0.4, -0.2) is 9.13 Å². The summed E-state index contributed by atoms with van der Waals surface area (Å²) in [5.74, 6) is 0. The molecule has 0 bridgehead atoms. The highest BCUT2D eigenvalue weighted by molar-refractivity contribution is 6.12. The van der Waals surface area contributed by atoms with Crippen molar-refractivity contribution in [2.24, 2.45) is 0 Å². The first-order valence-electron chi connectivity index (χ1n) is 15.8. The summed E-state index contributed by atoms with van der Waals surface area (Å²) in [7, 11) is 0. The molecule has 3 heteroatoms. The number of para-hydroxylation sites is 3. The molecule has 0 amide bonds. The second-order valence-corrected chi connectivity index (χ2v) is 12.2. The second kappa shape index (κ2) is 9.47. The summed E-state index contributed by atoms with van der Waals surface area (Å²) < 4.78 is 11.1. The maximum atomic E-state index is 6.38. The number of furan rings is 1. The third kappa shape index (κ3) is 3.54. The van der Waals surface area contributed by atoms with E-state index in [0.717, 1.165) is 38.9 Å². The zero-order valence-corrected chi connectivity index (χ0v) is 25.2. The fourth-order valence-corrected chi connectivity index (χ4v) is 7.59. The standard InChI is InChI=1S/C43H28N2O/c1-27-10-8-19-40-43(27)34-15-4-7-18-39(34)45(40)31-21-23-42-36(26-31)35-25-29(20-22-41(35)46-42)28-11-9-12-30(24-28)44-37-16-5-2-13-32(37)33-14-3-6-17-38(33)44/h2-26H,1H3. The molecule has 0 spiro atoms. The Bertz CT molecular complexity index is 2770. The molecule has 0 aliphatic heterocycles. The SMILES string of the molecule is Cc1cccc2c1c1ccccc1n2-c1ccc2oc3ccc(-c4cccc(-n5c6ccccc6c6ccccc65)c4)cc3c2c1. The number of aryl methyl sites for hydroxylation is 1. The fraction of sp³-hybridized carbons (Fsp3) is 0.0233. The minimum atomic E-state index is 0.895. The van der Waals surface area contributed by atoms with Gasteiger partial charge >= 0.3 is 0 Å². The van der Waals surface area contributed by atoms with Gasteiger partial charge in [0.15, 0.2) is 0 Å². The number of hydrogen-bond donors (Lipinski definition) is 0. The monoisotopic (exact) mass is 588 g/mol. The molecule has 216 valence electrons. The van der Waals surface area contributed by atoms with Gasteiger partial charge < -0.3 is 13.6 Å². The maximum Gasteiger partial charge on any atom is 0.135 e. The van der Waals surface area contributed by atoms with Crippen molar-refractivity contribution in [2.75, 3.05) is 0 Å². The summed E-state index contributed by atoms with van der Waals surface area (Å²) in [4.78, 5) is 0. The van der Waals surface area contributed by atoms with Crippen molar-refractivity contribution >= 4 is 65.6 Å². The van der Waals surface area contributed by atoms with E-state index in [2.05, 4.69) is 168 Å². The van der Waals surface area contributed by atoms with Gasteiger partial charge in [-0.25, -0.2) is 0 Å². The van der Waals surface area contributed by atoms with Crippen molar-refractivity contribution in [3.05, 3.63) is 157 Å². The number of fused-ring (bicyclic) bond motifs is 9. The molecule has 10 rings (SSSR count). The molecule has 10 aromatic rings. The van der Waals surface area contributed by atoms with E-state index in [1.807, 2.05) is 0 Å². The smallest absolute Gasteiger partial charge is 0.135 e. The lowest BCUT2D eigenvalue weighted by molar-refractivity contribution is 0.669. The molecule has 3 aromatic heterocycles. The number of benzene rings is 7. The molecule has 0 aliphatic rings. The van der Waals surface area contributed by atoms with E-state index in [4.69, 9.17) is 4.42 Å². The van der Waals surface area contributed by atoms with Crippen LogP contribution >= 0.6 is 0 Å². The van der Waals surface area contributed by atoms with Crippen molar-refractivity contribution < 1.29 is 4.42 Å². The summed E-state index contributed by atoms with van der Waals surface area (Å²) >= 11 is 0. The van der Waals surface area contributed by atoms with Gasteiger partial charge in [0.2, 0.25) is 0 Å². The molecule has 3 heterocycles. The van der Waals surface area contributed by atoms with E-state index >= 15 is 0 Å². The summed E-state index contributed by atoms with van der Waals surface area (Å²) in [5.41, 5.74) is 12.5. The number of rotatable bonds is 3. The van der Waals surface area contributed by atoms with Gasteiger partial charge in [-0.2, -0.15) is 0 Å². The Kier molecular flexibility index (Phi) is 5.20. The lowest BCUT2D eigenvalue weighted by Crippen LogP contribution is -1.94. The van der Waals surface area contributed by atoms with Crippen molar-refractivity contribution in [1.82, 2.24) is 9.13 Å². The van der Waals surface area contributed by atoms with Gasteiger partial charge in [-0.15, -0.1) is 0 Å². The Labute approximate surface area is 265 Å². The van der Waals surface area contributed by atoms with Crippen LogP contribution in [0, 0.1) is 6.92 Å². The molecule has 0 atom stereocenters. The highest BCUT2D eigenvalue weighted by atomic mass is 16.3. The van der Waals surface area contributed by atoms with E-state index in [1.54, 1.807) is 0 Å². The van der Waals surface area contributed by atoms with Gasteiger partial charge in [0.25, 0.3) is 0 Å². The average Bonchev–Trinajstić information content (AvgIpc) is 3.76. The van der Waals surface area contributed by atoms with Crippen LogP contribution in [0.5, 0.6) is 0 Å². The first-order chi connectivity index (χ1) is 22.7. The third-order valence-electron chi connectivity index (χ3n) is 9.63. The van der Waals surface area contributed by atoms with E-state index in [-0.39, 0.29) is 0 Å². The predicted molar refractivity (Wildman–Crippen MR) is 193 cm³/mol. The van der Waals surface area contributed by atoms with E-state index in [9.17, 15) is 0 Å². The molecular formula is C43H28N2O. The molecule has 0 fully saturated rings. The van der Waals surface area contributed by atoms with Gasteiger partial charge in [-0.05, 0) is 90.3 Å². The molecule has 0 N–H and O–H groups in total. The van der Waals surface area contributed by atoms with E-state index in [0.29, 0.717) is 0 Å². The quantitative estimate of drug-likeness (QED) is 0.201. The van der Waals surface area contributed by atoms with Crippen LogP contribution in [0.15, 0.2) is 156 Å². The van der Waals surface area contributed by atoms with Crippen LogP contribution < -0.4 is 0 Å². The van der Waals surface area contributed by atoms with Crippen molar-refractivity contribution in [2.45, 2.75) is 6.92 Å². The van der Waals surface area contributed by atoms with Crippen LogP contribution in [-0.2, 0) is 0 Å². The minimum Gasteiger partial charge on any atom is -0.456 e. The molecule has 0 saturated heterocycles. The largest absolute Gasteiger partial charge is 0.456 e. The van der Waals surface area contributed by atoms with E-state index in [1.165, 1.54) is 54.7 Å². The minimum absolute atomic E-state index is 0.895. The van der Waals surface area contributed by atoms with Crippen molar-refractivity contribution in [3.8, 4) is 22.5 Å². The maximum absolute atomic E-state index is 6.38. The van der Waals surface area contributed by atoms with Gasteiger partial charge in [-0.3, -0.25) is 0 Å². The zero-order valence-electron chi connectivity index (χ0n) is 25.2.